The Labute approximate surface area is 124 Å². The van der Waals surface area contributed by atoms with Crippen LogP contribution in [0.4, 0.5) is 0 Å². The molecule has 0 aliphatic heterocycles. The molecule has 0 radical (unpaired) electrons. The lowest BCUT2D eigenvalue weighted by atomic mass is 9.72. The van der Waals surface area contributed by atoms with E-state index in [1.54, 1.807) is 19.1 Å². The fourth-order valence-corrected chi connectivity index (χ4v) is 3.23. The van der Waals surface area contributed by atoms with Crippen molar-refractivity contribution in [3.8, 4) is 0 Å². The normalized spacial score (nSPS) is 29.4. The lowest BCUT2D eigenvalue weighted by Crippen LogP contribution is -2.31. The van der Waals surface area contributed by atoms with Crippen LogP contribution in [0.3, 0.4) is 0 Å². The summed E-state index contributed by atoms with van der Waals surface area (Å²) in [5.74, 6) is -1.71. The van der Waals surface area contributed by atoms with Crippen LogP contribution in [0.15, 0.2) is 34.9 Å². The van der Waals surface area contributed by atoms with Crippen molar-refractivity contribution in [3.05, 3.63) is 34.9 Å². The number of aliphatic carboxylic acids is 2. The maximum Gasteiger partial charge on any atom is 0.331 e. The van der Waals surface area contributed by atoms with Crippen molar-refractivity contribution in [2.24, 2.45) is 11.3 Å². The molecule has 2 rings (SSSR count). The van der Waals surface area contributed by atoms with E-state index < -0.39 is 17.4 Å². The van der Waals surface area contributed by atoms with E-state index in [2.05, 4.69) is 6.08 Å². The lowest BCUT2D eigenvalue weighted by molar-refractivity contribution is -0.145. The van der Waals surface area contributed by atoms with E-state index in [-0.39, 0.29) is 17.9 Å². The van der Waals surface area contributed by atoms with Gasteiger partial charge in [0.1, 0.15) is 0 Å². The topological polar surface area (TPSA) is 74.6 Å². The van der Waals surface area contributed by atoms with Crippen molar-refractivity contribution in [1.29, 1.82) is 0 Å². The van der Waals surface area contributed by atoms with Crippen molar-refractivity contribution < 1.29 is 19.8 Å². The van der Waals surface area contributed by atoms with Crippen LogP contribution in [-0.4, -0.2) is 22.2 Å². The van der Waals surface area contributed by atoms with Gasteiger partial charge in [0.25, 0.3) is 0 Å². The van der Waals surface area contributed by atoms with Gasteiger partial charge in [0.2, 0.25) is 0 Å². The van der Waals surface area contributed by atoms with Gasteiger partial charge in [-0.05, 0) is 63.5 Å². The van der Waals surface area contributed by atoms with Gasteiger partial charge >= 0.3 is 11.9 Å². The molecule has 2 N–H and O–H groups in total. The molecule has 1 atom stereocenters. The lowest BCUT2D eigenvalue weighted by Gasteiger charge is -2.32. The fraction of sp³-hybridized carbons (Fsp3) is 0.529. The molecule has 2 aliphatic rings. The summed E-state index contributed by atoms with van der Waals surface area (Å²) >= 11 is 0. The molecule has 0 aromatic rings. The summed E-state index contributed by atoms with van der Waals surface area (Å²) in [5.41, 5.74) is 1.41. The van der Waals surface area contributed by atoms with E-state index in [0.29, 0.717) is 0 Å². The molecule has 0 saturated heterocycles. The highest BCUT2D eigenvalue weighted by Crippen LogP contribution is 2.41. The third-order valence-electron chi connectivity index (χ3n) is 4.65. The average Bonchev–Trinajstić information content (AvgIpc) is 2.46. The van der Waals surface area contributed by atoms with Crippen LogP contribution in [0.1, 0.15) is 46.0 Å². The average molecular weight is 290 g/mol. The summed E-state index contributed by atoms with van der Waals surface area (Å²) in [4.78, 5) is 22.8. The Balaban J connectivity index is 2.29. The summed E-state index contributed by atoms with van der Waals surface area (Å²) in [6.07, 6.45) is 9.61. The minimum absolute atomic E-state index is 0.0496. The maximum atomic E-state index is 11.5. The quantitative estimate of drug-likeness (QED) is 0.779. The van der Waals surface area contributed by atoms with Gasteiger partial charge < -0.3 is 10.2 Å². The molecule has 0 aromatic carbocycles. The molecule has 0 bridgehead atoms. The molecular weight excluding hydrogens is 268 g/mol. The molecule has 4 heteroatoms. The highest BCUT2D eigenvalue weighted by Gasteiger charge is 2.38. The minimum Gasteiger partial charge on any atom is -0.481 e. The first-order valence-corrected chi connectivity index (χ1v) is 7.40. The van der Waals surface area contributed by atoms with Gasteiger partial charge in [-0.1, -0.05) is 17.7 Å². The van der Waals surface area contributed by atoms with Gasteiger partial charge in [-0.2, -0.15) is 0 Å². The molecule has 4 nitrogen and oxygen atoms in total. The Morgan fingerprint density at radius 2 is 1.90 bits per heavy atom. The van der Waals surface area contributed by atoms with Gasteiger partial charge in [-0.25, -0.2) is 4.79 Å². The van der Waals surface area contributed by atoms with Crippen molar-refractivity contribution in [2.45, 2.75) is 46.0 Å². The molecule has 0 heterocycles. The van der Waals surface area contributed by atoms with Crippen LogP contribution >= 0.6 is 0 Å². The summed E-state index contributed by atoms with van der Waals surface area (Å²) in [5, 5.41) is 18.7. The van der Waals surface area contributed by atoms with E-state index >= 15 is 0 Å². The molecule has 0 amide bonds. The Hall–Kier alpha value is -1.84. The maximum absolute atomic E-state index is 11.5. The smallest absolute Gasteiger partial charge is 0.331 e. The van der Waals surface area contributed by atoms with E-state index in [0.717, 1.165) is 31.3 Å². The minimum atomic E-state index is -1.11. The largest absolute Gasteiger partial charge is 0.481 e. The number of carboxylic acids is 2. The zero-order valence-electron chi connectivity index (χ0n) is 12.6. The van der Waals surface area contributed by atoms with Gasteiger partial charge in [-0.15, -0.1) is 0 Å². The molecule has 1 fully saturated rings. The van der Waals surface area contributed by atoms with Crippen LogP contribution in [0.5, 0.6) is 0 Å². The molecule has 0 spiro atoms. The van der Waals surface area contributed by atoms with Gasteiger partial charge in [0, 0.05) is 5.57 Å². The predicted molar refractivity (Wildman–Crippen MR) is 79.9 cm³/mol. The Morgan fingerprint density at radius 1 is 1.29 bits per heavy atom. The summed E-state index contributed by atoms with van der Waals surface area (Å²) < 4.78 is 0. The molecule has 1 unspecified atom stereocenters. The molecular formula is C17H22O4. The van der Waals surface area contributed by atoms with Crippen LogP contribution < -0.4 is 0 Å². The first kappa shape index (κ1) is 15.5. The number of hydrogen-bond donors (Lipinski definition) is 2. The van der Waals surface area contributed by atoms with E-state index in [1.807, 2.05) is 6.92 Å². The third kappa shape index (κ3) is 3.26. The number of carbonyl (C=O) groups is 2. The molecule has 21 heavy (non-hydrogen) atoms. The first-order valence-electron chi connectivity index (χ1n) is 7.40. The van der Waals surface area contributed by atoms with E-state index in [4.69, 9.17) is 0 Å². The number of rotatable bonds is 3. The second-order valence-corrected chi connectivity index (χ2v) is 6.24. The molecule has 1 saturated carbocycles. The van der Waals surface area contributed by atoms with Crippen LogP contribution in [0.25, 0.3) is 0 Å². The van der Waals surface area contributed by atoms with Crippen molar-refractivity contribution in [1.82, 2.24) is 0 Å². The van der Waals surface area contributed by atoms with E-state index in [9.17, 15) is 19.8 Å². The van der Waals surface area contributed by atoms with Crippen molar-refractivity contribution in [3.63, 3.8) is 0 Å². The van der Waals surface area contributed by atoms with Crippen LogP contribution in [0.2, 0.25) is 0 Å². The summed E-state index contributed by atoms with van der Waals surface area (Å²) in [6, 6.07) is 0. The summed E-state index contributed by atoms with van der Waals surface area (Å²) in [7, 11) is 0. The van der Waals surface area contributed by atoms with Gasteiger partial charge in [0.15, 0.2) is 0 Å². The van der Waals surface area contributed by atoms with Crippen LogP contribution in [-0.2, 0) is 9.59 Å². The number of allylic oxidation sites excluding steroid dienone is 4. The second kappa shape index (κ2) is 5.88. The second-order valence-electron chi connectivity index (χ2n) is 6.24. The van der Waals surface area contributed by atoms with Gasteiger partial charge in [-0.3, -0.25) is 4.79 Å². The number of carboxylic acid groups (broad SMARTS) is 2. The number of hydrogen-bond acceptors (Lipinski definition) is 2. The molecule has 0 aromatic heterocycles. The zero-order valence-corrected chi connectivity index (χ0v) is 12.6. The first-order chi connectivity index (χ1) is 9.85. The Bertz CT molecular complexity index is 543. The predicted octanol–water partition coefficient (Wildman–Crippen LogP) is 3.55. The Morgan fingerprint density at radius 3 is 2.38 bits per heavy atom. The van der Waals surface area contributed by atoms with Gasteiger partial charge in [0.05, 0.1) is 5.41 Å². The fourth-order valence-electron chi connectivity index (χ4n) is 3.23. The summed E-state index contributed by atoms with van der Waals surface area (Å²) in [6.45, 7) is 3.64. The third-order valence-corrected chi connectivity index (χ3v) is 4.65. The zero-order chi connectivity index (χ0) is 15.6. The van der Waals surface area contributed by atoms with Crippen molar-refractivity contribution in [2.75, 3.05) is 0 Å². The molecule has 114 valence electrons. The van der Waals surface area contributed by atoms with E-state index in [1.165, 1.54) is 5.57 Å². The highest BCUT2D eigenvalue weighted by atomic mass is 16.4. The Kier molecular flexibility index (Phi) is 4.35. The SMILES string of the molecule is CC=C1CCC(C2=CC(C)(C(=O)O)CC(C(=O)O)=C2)CC1. The van der Waals surface area contributed by atoms with Crippen molar-refractivity contribution >= 4 is 11.9 Å². The standard InChI is InChI=1S/C17H22O4/c1-3-11-4-6-12(7-5-11)13-8-14(15(18)19)10-17(2,9-13)16(20)21/h3,8-9,12H,4-7,10H2,1-2H3,(H,18,19)(H,20,21). The van der Waals surface area contributed by atoms with Crippen LogP contribution in [0, 0.1) is 11.3 Å². The highest BCUT2D eigenvalue weighted by molar-refractivity contribution is 5.90. The monoisotopic (exact) mass is 290 g/mol. The molecule has 2 aliphatic carbocycles.